The topological polar surface area (TPSA) is 115 Å². The van der Waals surface area contributed by atoms with Crippen molar-refractivity contribution in [3.63, 3.8) is 0 Å². The third-order valence-corrected chi connectivity index (χ3v) is 6.79. The third kappa shape index (κ3) is 6.86. The lowest BCUT2D eigenvalue weighted by Gasteiger charge is -2.16. The number of aryl methyl sites for hydroxylation is 1. The van der Waals surface area contributed by atoms with Crippen LogP contribution in [0.2, 0.25) is 0 Å². The van der Waals surface area contributed by atoms with Crippen LogP contribution in [0, 0.1) is 0 Å². The number of hydrogen-bond donors (Lipinski definition) is 4. The van der Waals surface area contributed by atoms with E-state index in [9.17, 15) is 0 Å². The predicted octanol–water partition coefficient (Wildman–Crippen LogP) is 4.75. The number of anilines is 2. The molecule has 1 aromatic heterocycles. The van der Waals surface area contributed by atoms with Crippen molar-refractivity contribution in [3.05, 3.63) is 64.7 Å². The van der Waals surface area contributed by atoms with Crippen LogP contribution in [-0.2, 0) is 19.4 Å². The first-order chi connectivity index (χ1) is 16.1. The van der Waals surface area contributed by atoms with E-state index in [-0.39, 0.29) is 0 Å². The Balaban J connectivity index is 1.95. The number of pyridine rings is 1. The Bertz CT molecular complexity index is 1080. The molecule has 0 aliphatic carbocycles. The fourth-order valence-electron chi connectivity index (χ4n) is 3.73. The number of nitrogens with one attached hydrogen (secondary N) is 1. The molecule has 6 nitrogen and oxygen atoms in total. The molecule has 0 aliphatic rings. The van der Waals surface area contributed by atoms with Crippen molar-refractivity contribution in [1.29, 1.82) is 0 Å². The summed E-state index contributed by atoms with van der Waals surface area (Å²) < 4.78 is 3.34. The van der Waals surface area contributed by atoms with Crippen molar-refractivity contribution >= 4 is 49.9 Å². The Morgan fingerprint density at radius 2 is 1.79 bits per heavy atom. The summed E-state index contributed by atoms with van der Waals surface area (Å²) in [4.78, 5) is 9.53. The lowest BCUT2D eigenvalue weighted by molar-refractivity contribution is 0.801. The van der Waals surface area contributed by atoms with Crippen LogP contribution < -0.4 is 21.9 Å². The maximum Gasteiger partial charge on any atom is 0.148 e. The largest absolute Gasteiger partial charge is 0.395 e. The molecular weight excluding hydrogens is 448 g/mol. The summed E-state index contributed by atoms with van der Waals surface area (Å²) in [7, 11) is 3.39. The highest BCUT2D eigenvalue weighted by Crippen LogP contribution is 2.30. The van der Waals surface area contributed by atoms with E-state index in [0.717, 1.165) is 65.7 Å². The average Bonchev–Trinajstić information content (AvgIpc) is 2.83. The van der Waals surface area contributed by atoms with Gasteiger partial charge in [-0.2, -0.15) is 0 Å². The number of rotatable bonds is 12. The number of nitrogens with two attached hydrogens (primary N) is 3. The summed E-state index contributed by atoms with van der Waals surface area (Å²) >= 11 is 0. The van der Waals surface area contributed by atoms with Crippen LogP contribution in [0.4, 0.5) is 11.5 Å². The molecule has 0 fully saturated rings. The van der Waals surface area contributed by atoms with E-state index in [1.54, 1.807) is 21.8 Å². The molecule has 176 valence electrons. The highest BCUT2D eigenvalue weighted by Gasteiger charge is 2.17. The standard InChI is InChI=1S/C25H34N6S2/c1-3-12-29-22(15-18-6-8-19(16-26)9-7-18)23-20-11-10-17(5-4-13-30-33-32-2)14-21(20)31-25(28)24(23)27/h6-11,14,30H,3-5,12-13,15-16,26-27H2,1-2H3,(H2,28,31). The van der Waals surface area contributed by atoms with Gasteiger partial charge in [0.15, 0.2) is 0 Å². The molecule has 0 spiro atoms. The van der Waals surface area contributed by atoms with E-state index in [2.05, 4.69) is 65.4 Å². The molecule has 0 radical (unpaired) electrons. The zero-order valence-electron chi connectivity index (χ0n) is 19.4. The molecule has 0 unspecified atom stereocenters. The summed E-state index contributed by atoms with van der Waals surface area (Å²) in [5, 5.41) is 0.995. The fraction of sp³-hybridized carbons (Fsp3) is 0.360. The van der Waals surface area contributed by atoms with E-state index >= 15 is 0 Å². The summed E-state index contributed by atoms with van der Waals surface area (Å²) in [5.41, 5.74) is 25.2. The smallest absolute Gasteiger partial charge is 0.148 e. The van der Waals surface area contributed by atoms with Gasteiger partial charge in [0.1, 0.15) is 5.82 Å². The first-order valence-electron chi connectivity index (χ1n) is 11.3. The van der Waals surface area contributed by atoms with E-state index < -0.39 is 0 Å². The lowest BCUT2D eigenvalue weighted by atomic mass is 9.95. The molecule has 8 heteroatoms. The minimum Gasteiger partial charge on any atom is -0.395 e. The zero-order chi connectivity index (χ0) is 23.6. The molecule has 0 saturated heterocycles. The van der Waals surface area contributed by atoms with Crippen molar-refractivity contribution in [2.45, 2.75) is 39.2 Å². The van der Waals surface area contributed by atoms with Gasteiger partial charge in [0.2, 0.25) is 0 Å². The lowest BCUT2D eigenvalue weighted by Crippen LogP contribution is -2.13. The molecule has 0 amide bonds. The van der Waals surface area contributed by atoms with Gasteiger partial charge in [-0.05, 0) is 59.3 Å². The number of hydrogen-bond acceptors (Lipinski definition) is 8. The highest BCUT2D eigenvalue weighted by atomic mass is 33.1. The van der Waals surface area contributed by atoms with Gasteiger partial charge in [-0.1, -0.05) is 54.1 Å². The molecule has 2 aromatic carbocycles. The molecule has 0 aliphatic heterocycles. The maximum atomic E-state index is 6.49. The molecule has 3 rings (SSSR count). The van der Waals surface area contributed by atoms with Gasteiger partial charge in [0, 0.05) is 42.7 Å². The monoisotopic (exact) mass is 482 g/mol. The first kappa shape index (κ1) is 25.4. The molecule has 0 saturated carbocycles. The third-order valence-electron chi connectivity index (χ3n) is 5.45. The summed E-state index contributed by atoms with van der Waals surface area (Å²) in [6.45, 7) is 4.35. The van der Waals surface area contributed by atoms with Gasteiger partial charge >= 0.3 is 0 Å². The van der Waals surface area contributed by atoms with Crippen molar-refractivity contribution in [2.75, 3.05) is 30.8 Å². The second-order valence-electron chi connectivity index (χ2n) is 7.91. The van der Waals surface area contributed by atoms with E-state index in [1.165, 1.54) is 5.56 Å². The van der Waals surface area contributed by atoms with Crippen molar-refractivity contribution in [2.24, 2.45) is 10.7 Å². The summed E-state index contributed by atoms with van der Waals surface area (Å²) in [6, 6.07) is 14.7. The van der Waals surface area contributed by atoms with Gasteiger partial charge in [-0.25, -0.2) is 4.98 Å². The van der Waals surface area contributed by atoms with Crippen LogP contribution in [0.5, 0.6) is 0 Å². The van der Waals surface area contributed by atoms with Gasteiger partial charge < -0.3 is 17.2 Å². The van der Waals surface area contributed by atoms with Gasteiger partial charge in [0.25, 0.3) is 0 Å². The van der Waals surface area contributed by atoms with Crippen LogP contribution in [0.3, 0.4) is 0 Å². The molecule has 0 bridgehead atoms. The number of nitrogens with zero attached hydrogens (tertiary/aromatic N) is 2. The second kappa shape index (κ2) is 12.8. The predicted molar refractivity (Wildman–Crippen MR) is 148 cm³/mol. The first-order valence-corrected chi connectivity index (χ1v) is 13.8. The van der Waals surface area contributed by atoms with Crippen molar-refractivity contribution < 1.29 is 0 Å². The highest BCUT2D eigenvalue weighted by molar-refractivity contribution is 8.75. The van der Waals surface area contributed by atoms with E-state index in [0.29, 0.717) is 24.5 Å². The van der Waals surface area contributed by atoms with Crippen molar-refractivity contribution in [1.82, 2.24) is 9.71 Å². The van der Waals surface area contributed by atoms with Crippen LogP contribution >= 0.6 is 21.8 Å². The van der Waals surface area contributed by atoms with Crippen LogP contribution in [-0.4, -0.2) is 30.0 Å². The number of aromatic nitrogens is 1. The Labute approximate surface area is 204 Å². The average molecular weight is 483 g/mol. The summed E-state index contributed by atoms with van der Waals surface area (Å²) in [6.07, 6.45) is 5.73. The minimum absolute atomic E-state index is 0.357. The molecule has 1 heterocycles. The molecule has 33 heavy (non-hydrogen) atoms. The Kier molecular flexibility index (Phi) is 9.87. The van der Waals surface area contributed by atoms with Gasteiger partial charge in [0.05, 0.1) is 11.2 Å². The fourth-order valence-corrected chi connectivity index (χ4v) is 4.68. The normalized spacial score (nSPS) is 11.9. The number of benzene rings is 2. The van der Waals surface area contributed by atoms with Gasteiger partial charge in [-0.3, -0.25) is 9.71 Å². The molecule has 0 atom stereocenters. The maximum absolute atomic E-state index is 6.49. The Hall–Kier alpha value is -2.26. The Morgan fingerprint density at radius 3 is 2.48 bits per heavy atom. The number of aliphatic imine (C=N–C) groups is 1. The van der Waals surface area contributed by atoms with Gasteiger partial charge in [-0.15, -0.1) is 0 Å². The molecule has 7 N–H and O–H groups in total. The van der Waals surface area contributed by atoms with Crippen LogP contribution in [0.15, 0.2) is 47.5 Å². The summed E-state index contributed by atoms with van der Waals surface area (Å²) in [5.74, 6) is 0.357. The quantitative estimate of drug-likeness (QED) is 0.127. The van der Waals surface area contributed by atoms with E-state index in [4.69, 9.17) is 22.2 Å². The van der Waals surface area contributed by atoms with Crippen LogP contribution in [0.1, 0.15) is 42.0 Å². The SMILES string of the molecule is CCCN=C(Cc1ccc(CN)cc1)c1c(N)c(N)nc2cc(CCCNSSC)ccc12. The molecular formula is C25H34N6S2. The zero-order valence-corrected chi connectivity index (χ0v) is 21.1. The van der Waals surface area contributed by atoms with Crippen molar-refractivity contribution in [3.8, 4) is 0 Å². The Morgan fingerprint density at radius 1 is 1.06 bits per heavy atom. The van der Waals surface area contributed by atoms with Crippen LogP contribution in [0.25, 0.3) is 10.9 Å². The van der Waals surface area contributed by atoms with E-state index in [1.807, 2.05) is 0 Å². The number of nitrogen functional groups attached to an aromatic ring is 2. The second-order valence-corrected chi connectivity index (χ2v) is 10.2. The number of fused-ring (bicyclic) bond motifs is 1. The minimum atomic E-state index is 0.357. The molecule has 3 aromatic rings.